The van der Waals surface area contributed by atoms with Gasteiger partial charge in [0.15, 0.2) is 0 Å². The number of nitrogens with zero attached hydrogens (tertiary/aromatic N) is 2. The van der Waals surface area contributed by atoms with E-state index in [1.54, 1.807) is 12.1 Å². The Balaban J connectivity index is 1.69. The number of anilines is 2. The van der Waals surface area contributed by atoms with Crippen molar-refractivity contribution in [3.05, 3.63) is 33.6 Å². The quantitative estimate of drug-likeness (QED) is 0.881. The highest BCUT2D eigenvalue weighted by Crippen LogP contribution is 2.30. The molecule has 2 aromatic rings. The summed E-state index contributed by atoms with van der Waals surface area (Å²) < 4.78 is 5.49. The van der Waals surface area contributed by atoms with Gasteiger partial charge in [-0.3, -0.25) is 0 Å². The smallest absolute Gasteiger partial charge is 0.320 e. The maximum Gasteiger partial charge on any atom is 0.320 e. The highest BCUT2D eigenvalue weighted by Gasteiger charge is 2.21. The topological polar surface area (TPSA) is 63.0 Å². The third-order valence-electron chi connectivity index (χ3n) is 3.08. The van der Waals surface area contributed by atoms with Crippen molar-refractivity contribution >= 4 is 34.9 Å². The molecular weight excluding hydrogens is 299 g/mol. The molecule has 1 fully saturated rings. The first-order chi connectivity index (χ1) is 9.61. The summed E-state index contributed by atoms with van der Waals surface area (Å²) in [5.41, 5.74) is 1.56. The molecule has 1 aromatic carbocycles. The zero-order valence-corrected chi connectivity index (χ0v) is 12.4. The van der Waals surface area contributed by atoms with Gasteiger partial charge in [0.2, 0.25) is 5.89 Å². The predicted molar refractivity (Wildman–Crippen MR) is 78.6 cm³/mol. The number of halogens is 2. The van der Waals surface area contributed by atoms with Crippen LogP contribution in [0.3, 0.4) is 0 Å². The van der Waals surface area contributed by atoms with Crippen molar-refractivity contribution in [2.24, 2.45) is 0 Å². The molecule has 0 bridgehead atoms. The molecule has 0 atom stereocenters. The molecule has 1 aliphatic rings. The fourth-order valence-corrected chi connectivity index (χ4v) is 2.18. The average molecular weight is 313 g/mol. The Kier molecular flexibility index (Phi) is 3.83. The summed E-state index contributed by atoms with van der Waals surface area (Å²) in [6, 6.07) is 4.44. The minimum atomic E-state index is 0.305. The zero-order chi connectivity index (χ0) is 14.1. The van der Waals surface area contributed by atoms with Crippen molar-refractivity contribution in [3.8, 4) is 0 Å². The van der Waals surface area contributed by atoms with Crippen LogP contribution in [0.15, 0.2) is 16.5 Å². The van der Waals surface area contributed by atoms with E-state index in [1.165, 1.54) is 12.8 Å². The number of aryl methyl sites for hydroxylation is 1. The molecule has 0 radical (unpaired) electrons. The lowest BCUT2D eigenvalue weighted by Crippen LogP contribution is -2.15. The zero-order valence-electron chi connectivity index (χ0n) is 10.9. The molecule has 1 aromatic heterocycles. The van der Waals surface area contributed by atoms with Gasteiger partial charge < -0.3 is 15.1 Å². The van der Waals surface area contributed by atoms with E-state index < -0.39 is 0 Å². The Hall–Kier alpha value is -1.30. The molecule has 0 spiro atoms. The van der Waals surface area contributed by atoms with E-state index >= 15 is 0 Å². The molecule has 1 aliphatic carbocycles. The number of rotatable bonds is 5. The number of hydrogen-bond acceptors (Lipinski definition) is 5. The molecule has 2 N–H and O–H groups in total. The van der Waals surface area contributed by atoms with Crippen LogP contribution in [0, 0.1) is 6.92 Å². The number of hydrogen-bond donors (Lipinski definition) is 2. The molecule has 0 amide bonds. The highest BCUT2D eigenvalue weighted by atomic mass is 35.5. The van der Waals surface area contributed by atoms with E-state index in [1.807, 2.05) is 6.92 Å². The van der Waals surface area contributed by atoms with E-state index in [-0.39, 0.29) is 0 Å². The Labute approximate surface area is 126 Å². The number of aromatic nitrogens is 2. The Morgan fingerprint density at radius 1 is 1.25 bits per heavy atom. The van der Waals surface area contributed by atoms with Gasteiger partial charge in [0.05, 0.1) is 17.3 Å². The van der Waals surface area contributed by atoms with Crippen molar-refractivity contribution in [2.45, 2.75) is 32.4 Å². The Bertz CT molecular complexity index is 625. The Morgan fingerprint density at radius 3 is 2.80 bits per heavy atom. The molecule has 1 saturated carbocycles. The van der Waals surface area contributed by atoms with Gasteiger partial charge in [0.25, 0.3) is 0 Å². The third kappa shape index (κ3) is 3.23. The molecule has 106 valence electrons. The minimum Gasteiger partial charge on any atom is -0.406 e. The standard InChI is InChI=1S/C13H14Cl2N4O/c1-7-4-10(15)11(5-9(7)14)17-13-19-18-12(20-13)6-16-8-2-3-8/h4-5,8,16H,2-3,6H2,1H3,(H,17,19). The molecule has 0 aliphatic heterocycles. The van der Waals surface area contributed by atoms with Gasteiger partial charge in [0.1, 0.15) is 0 Å². The molecule has 0 saturated heterocycles. The summed E-state index contributed by atoms with van der Waals surface area (Å²) in [6.07, 6.45) is 2.44. The lowest BCUT2D eigenvalue weighted by molar-refractivity contribution is 0.478. The van der Waals surface area contributed by atoms with E-state index in [4.69, 9.17) is 27.6 Å². The second-order valence-electron chi connectivity index (χ2n) is 4.86. The van der Waals surface area contributed by atoms with Gasteiger partial charge in [-0.25, -0.2) is 0 Å². The molecular formula is C13H14Cl2N4O. The fourth-order valence-electron chi connectivity index (χ4n) is 1.75. The number of nitrogens with one attached hydrogen (secondary N) is 2. The summed E-state index contributed by atoms with van der Waals surface area (Å²) in [7, 11) is 0. The average Bonchev–Trinajstić information content (AvgIpc) is 3.14. The lowest BCUT2D eigenvalue weighted by atomic mass is 10.2. The first-order valence-electron chi connectivity index (χ1n) is 6.40. The normalized spacial score (nSPS) is 14.6. The third-order valence-corrected chi connectivity index (χ3v) is 3.80. The van der Waals surface area contributed by atoms with Gasteiger partial charge in [-0.05, 0) is 37.5 Å². The van der Waals surface area contributed by atoms with Crippen molar-refractivity contribution in [3.63, 3.8) is 0 Å². The highest BCUT2D eigenvalue weighted by molar-refractivity contribution is 6.35. The van der Waals surface area contributed by atoms with E-state index in [0.717, 1.165) is 5.56 Å². The van der Waals surface area contributed by atoms with E-state index in [9.17, 15) is 0 Å². The van der Waals surface area contributed by atoms with Crippen molar-refractivity contribution < 1.29 is 4.42 Å². The van der Waals surface area contributed by atoms with Crippen molar-refractivity contribution in [1.29, 1.82) is 0 Å². The van der Waals surface area contributed by atoms with Gasteiger partial charge >= 0.3 is 6.01 Å². The summed E-state index contributed by atoms with van der Waals surface area (Å²) in [6.45, 7) is 2.48. The first-order valence-corrected chi connectivity index (χ1v) is 7.16. The van der Waals surface area contributed by atoms with Crippen LogP contribution in [0.25, 0.3) is 0 Å². The van der Waals surface area contributed by atoms with Crippen LogP contribution in [-0.2, 0) is 6.54 Å². The largest absolute Gasteiger partial charge is 0.406 e. The second-order valence-corrected chi connectivity index (χ2v) is 5.68. The first kappa shape index (κ1) is 13.7. The summed E-state index contributed by atoms with van der Waals surface area (Å²) in [5.74, 6) is 0.550. The lowest BCUT2D eigenvalue weighted by Gasteiger charge is -2.06. The monoisotopic (exact) mass is 312 g/mol. The van der Waals surface area contributed by atoms with Gasteiger partial charge in [0, 0.05) is 11.1 Å². The van der Waals surface area contributed by atoms with Crippen LogP contribution >= 0.6 is 23.2 Å². The molecule has 20 heavy (non-hydrogen) atoms. The van der Waals surface area contributed by atoms with E-state index in [0.29, 0.717) is 40.2 Å². The molecule has 5 nitrogen and oxygen atoms in total. The van der Waals surface area contributed by atoms with Gasteiger partial charge in [-0.1, -0.05) is 28.3 Å². The molecule has 3 rings (SSSR count). The van der Waals surface area contributed by atoms with Crippen molar-refractivity contribution in [1.82, 2.24) is 15.5 Å². The van der Waals surface area contributed by atoms with Crippen molar-refractivity contribution in [2.75, 3.05) is 5.32 Å². The minimum absolute atomic E-state index is 0.305. The number of benzene rings is 1. The molecule has 1 heterocycles. The van der Waals surface area contributed by atoms with Crippen LogP contribution < -0.4 is 10.6 Å². The van der Waals surface area contributed by atoms with Crippen LogP contribution in [0.1, 0.15) is 24.3 Å². The maximum absolute atomic E-state index is 6.15. The Morgan fingerprint density at radius 2 is 2.05 bits per heavy atom. The SMILES string of the molecule is Cc1cc(Cl)c(Nc2nnc(CNC3CC3)o2)cc1Cl. The molecule has 0 unspecified atom stereocenters. The van der Waals surface area contributed by atoms with Gasteiger partial charge in [-0.15, -0.1) is 5.10 Å². The van der Waals surface area contributed by atoms with Crippen LogP contribution in [-0.4, -0.2) is 16.2 Å². The van der Waals surface area contributed by atoms with Crippen LogP contribution in [0.4, 0.5) is 11.7 Å². The predicted octanol–water partition coefficient (Wildman–Crippen LogP) is 3.68. The van der Waals surface area contributed by atoms with E-state index in [2.05, 4.69) is 20.8 Å². The van der Waals surface area contributed by atoms with Crippen LogP contribution in [0.2, 0.25) is 10.0 Å². The maximum atomic E-state index is 6.15. The van der Waals surface area contributed by atoms with Crippen LogP contribution in [0.5, 0.6) is 0 Å². The summed E-state index contributed by atoms with van der Waals surface area (Å²) >= 11 is 12.2. The summed E-state index contributed by atoms with van der Waals surface area (Å²) in [4.78, 5) is 0. The second kappa shape index (κ2) is 5.60. The van der Waals surface area contributed by atoms with Gasteiger partial charge in [-0.2, -0.15) is 0 Å². The summed E-state index contributed by atoms with van der Waals surface area (Å²) in [5, 5.41) is 15.4. The fraction of sp³-hybridized carbons (Fsp3) is 0.385. The molecule has 7 heteroatoms.